The quantitative estimate of drug-likeness (QED) is 0.369. The summed E-state index contributed by atoms with van der Waals surface area (Å²) in [6.45, 7) is 10.3. The zero-order chi connectivity index (χ0) is 22.1. The van der Waals surface area contributed by atoms with Crippen LogP contribution in [0.3, 0.4) is 0 Å². The molecule has 0 N–H and O–H groups in total. The second kappa shape index (κ2) is 6.53. The molecule has 0 atom stereocenters. The van der Waals surface area contributed by atoms with Crippen molar-refractivity contribution < 1.29 is 0 Å². The molecule has 6 heteroatoms. The van der Waals surface area contributed by atoms with Crippen molar-refractivity contribution in [1.29, 1.82) is 0 Å². The smallest absolute Gasteiger partial charge is 0.168 e. The van der Waals surface area contributed by atoms with Crippen LogP contribution in [0.2, 0.25) is 0 Å². The number of imidazole rings is 2. The fourth-order valence-corrected chi connectivity index (χ4v) is 4.96. The third-order valence-corrected chi connectivity index (χ3v) is 6.29. The SMILES string of the molecule is Cc1nc(C)c2nc(C)n(-c3cccc(C)c3-n3c4ccccc4n4c(C)ccc34)c2n1. The maximum Gasteiger partial charge on any atom is 0.168 e. The van der Waals surface area contributed by atoms with E-state index in [-0.39, 0.29) is 0 Å². The van der Waals surface area contributed by atoms with Gasteiger partial charge in [-0.3, -0.25) is 13.5 Å². The van der Waals surface area contributed by atoms with Crippen molar-refractivity contribution in [3.63, 3.8) is 0 Å². The van der Waals surface area contributed by atoms with E-state index in [2.05, 4.69) is 87.0 Å². The molecule has 0 bridgehead atoms. The van der Waals surface area contributed by atoms with Gasteiger partial charge in [-0.25, -0.2) is 15.0 Å². The summed E-state index contributed by atoms with van der Waals surface area (Å²) >= 11 is 0. The first-order valence-corrected chi connectivity index (χ1v) is 10.8. The number of aryl methyl sites for hydroxylation is 5. The molecule has 158 valence electrons. The number of benzene rings is 2. The molecule has 32 heavy (non-hydrogen) atoms. The molecule has 0 unspecified atom stereocenters. The molecule has 0 fully saturated rings. The molecule has 0 aliphatic carbocycles. The minimum Gasteiger partial charge on any atom is -0.298 e. The lowest BCUT2D eigenvalue weighted by Gasteiger charge is -2.17. The highest BCUT2D eigenvalue weighted by Gasteiger charge is 2.21. The first-order valence-electron chi connectivity index (χ1n) is 10.8. The highest BCUT2D eigenvalue weighted by molar-refractivity contribution is 5.87. The molecule has 0 radical (unpaired) electrons. The highest BCUT2D eigenvalue weighted by Crippen LogP contribution is 2.34. The third kappa shape index (κ3) is 2.43. The lowest BCUT2D eigenvalue weighted by atomic mass is 10.1. The molecule has 0 amide bonds. The van der Waals surface area contributed by atoms with Crippen molar-refractivity contribution in [2.45, 2.75) is 34.6 Å². The average molecular weight is 421 g/mol. The molecule has 0 aliphatic heterocycles. The Morgan fingerprint density at radius 1 is 0.688 bits per heavy atom. The standard InChI is InChI=1S/C26H24N6/c1-15-9-8-12-22(31-19(5)29-24-17(3)27-18(4)28-26(24)31)25(15)32-21-11-7-6-10-20(21)30-16(2)13-14-23(30)32/h6-14H,1-5H3. The van der Waals surface area contributed by atoms with E-state index >= 15 is 0 Å². The van der Waals surface area contributed by atoms with Gasteiger partial charge in [0.1, 0.15) is 22.8 Å². The molecule has 4 heterocycles. The number of fused-ring (bicyclic) bond motifs is 4. The topological polar surface area (TPSA) is 52.9 Å². The Bertz CT molecular complexity index is 1680. The maximum absolute atomic E-state index is 4.83. The molecular weight excluding hydrogens is 396 g/mol. The van der Waals surface area contributed by atoms with Gasteiger partial charge in [-0.2, -0.15) is 0 Å². The fourth-order valence-electron chi connectivity index (χ4n) is 4.96. The zero-order valence-electron chi connectivity index (χ0n) is 18.9. The lowest BCUT2D eigenvalue weighted by Crippen LogP contribution is -2.07. The Labute approximate surface area is 185 Å². The van der Waals surface area contributed by atoms with Crippen molar-refractivity contribution in [1.82, 2.24) is 28.5 Å². The van der Waals surface area contributed by atoms with Gasteiger partial charge in [0.15, 0.2) is 5.65 Å². The monoisotopic (exact) mass is 420 g/mol. The van der Waals surface area contributed by atoms with Crippen molar-refractivity contribution in [2.75, 3.05) is 0 Å². The molecule has 0 saturated heterocycles. The summed E-state index contributed by atoms with van der Waals surface area (Å²) in [6, 6.07) is 19.4. The number of aromatic nitrogens is 6. The van der Waals surface area contributed by atoms with E-state index in [1.807, 2.05) is 20.8 Å². The van der Waals surface area contributed by atoms with E-state index < -0.39 is 0 Å². The van der Waals surface area contributed by atoms with Crippen molar-refractivity contribution in [2.24, 2.45) is 0 Å². The Kier molecular flexibility index (Phi) is 3.84. The number of rotatable bonds is 2. The minimum atomic E-state index is 0.751. The van der Waals surface area contributed by atoms with Crippen LogP contribution < -0.4 is 0 Å². The molecule has 6 rings (SSSR count). The molecule has 0 aliphatic rings. The molecule has 0 spiro atoms. The van der Waals surface area contributed by atoms with Crippen LogP contribution >= 0.6 is 0 Å². The van der Waals surface area contributed by atoms with Gasteiger partial charge < -0.3 is 0 Å². The molecule has 6 aromatic rings. The van der Waals surface area contributed by atoms with E-state index in [0.717, 1.165) is 45.5 Å². The van der Waals surface area contributed by atoms with Crippen molar-refractivity contribution in [3.05, 3.63) is 83.2 Å². The summed E-state index contributed by atoms with van der Waals surface area (Å²) < 4.78 is 6.85. The number of hydrogen-bond donors (Lipinski definition) is 0. The fraction of sp³-hybridized carbons (Fsp3) is 0.192. The van der Waals surface area contributed by atoms with Crippen LogP contribution in [-0.2, 0) is 0 Å². The summed E-state index contributed by atoms with van der Waals surface area (Å²) in [7, 11) is 0. The van der Waals surface area contributed by atoms with Gasteiger partial charge in [0.05, 0.1) is 28.1 Å². The lowest BCUT2D eigenvalue weighted by molar-refractivity contribution is 0.951. The molecular formula is C26H24N6. The maximum atomic E-state index is 4.83. The highest BCUT2D eigenvalue weighted by atomic mass is 15.2. The van der Waals surface area contributed by atoms with E-state index in [1.165, 1.54) is 22.3 Å². The normalized spacial score (nSPS) is 11.9. The third-order valence-electron chi connectivity index (χ3n) is 6.29. The predicted octanol–water partition coefficient (Wildman–Crippen LogP) is 5.55. The Morgan fingerprint density at radius 3 is 2.28 bits per heavy atom. The van der Waals surface area contributed by atoms with E-state index in [1.54, 1.807) is 0 Å². The summed E-state index contributed by atoms with van der Waals surface area (Å²) in [5.74, 6) is 1.65. The van der Waals surface area contributed by atoms with Crippen molar-refractivity contribution in [3.8, 4) is 11.4 Å². The van der Waals surface area contributed by atoms with Crippen LogP contribution in [0.15, 0.2) is 54.6 Å². The second-order valence-corrected chi connectivity index (χ2v) is 8.46. The zero-order valence-corrected chi connectivity index (χ0v) is 18.9. The van der Waals surface area contributed by atoms with Gasteiger partial charge in [0.2, 0.25) is 0 Å². The number of hydrogen-bond acceptors (Lipinski definition) is 3. The Morgan fingerprint density at radius 2 is 1.47 bits per heavy atom. The largest absolute Gasteiger partial charge is 0.298 e. The first-order chi connectivity index (χ1) is 15.5. The first kappa shape index (κ1) is 18.8. The molecule has 2 aromatic carbocycles. The summed E-state index contributed by atoms with van der Waals surface area (Å²) in [6.07, 6.45) is 0. The number of nitrogens with zero attached hydrogens (tertiary/aromatic N) is 6. The molecule has 6 nitrogen and oxygen atoms in total. The van der Waals surface area contributed by atoms with Gasteiger partial charge in [0, 0.05) is 5.69 Å². The van der Waals surface area contributed by atoms with Gasteiger partial charge in [0.25, 0.3) is 0 Å². The van der Waals surface area contributed by atoms with Gasteiger partial charge >= 0.3 is 0 Å². The van der Waals surface area contributed by atoms with E-state index in [4.69, 9.17) is 9.97 Å². The van der Waals surface area contributed by atoms with E-state index in [9.17, 15) is 0 Å². The predicted molar refractivity (Wildman–Crippen MR) is 128 cm³/mol. The van der Waals surface area contributed by atoms with Crippen LogP contribution in [0, 0.1) is 34.6 Å². The van der Waals surface area contributed by atoms with Crippen LogP contribution in [0.4, 0.5) is 0 Å². The Balaban J connectivity index is 1.79. The Hall–Kier alpha value is -3.93. The summed E-state index contributed by atoms with van der Waals surface area (Å²) in [4.78, 5) is 14.2. The van der Waals surface area contributed by atoms with Crippen LogP contribution in [0.25, 0.3) is 39.2 Å². The van der Waals surface area contributed by atoms with Gasteiger partial charge in [-0.15, -0.1) is 0 Å². The van der Waals surface area contributed by atoms with Crippen LogP contribution in [0.1, 0.15) is 28.6 Å². The minimum absolute atomic E-state index is 0.751. The summed E-state index contributed by atoms with van der Waals surface area (Å²) in [5.41, 5.74) is 10.7. The average Bonchev–Trinajstić information content (AvgIpc) is 3.40. The molecule has 0 saturated carbocycles. The van der Waals surface area contributed by atoms with Gasteiger partial charge in [-0.1, -0.05) is 24.3 Å². The van der Waals surface area contributed by atoms with Crippen molar-refractivity contribution >= 4 is 27.8 Å². The number of para-hydroxylation sites is 3. The van der Waals surface area contributed by atoms with Crippen LogP contribution in [-0.4, -0.2) is 28.5 Å². The van der Waals surface area contributed by atoms with E-state index in [0.29, 0.717) is 0 Å². The second-order valence-electron chi connectivity index (χ2n) is 8.46. The molecule has 4 aromatic heterocycles. The summed E-state index contributed by atoms with van der Waals surface area (Å²) in [5, 5.41) is 0. The van der Waals surface area contributed by atoms with Crippen LogP contribution in [0.5, 0.6) is 0 Å². The van der Waals surface area contributed by atoms with Gasteiger partial charge in [-0.05, 0) is 70.5 Å².